The third-order valence-corrected chi connectivity index (χ3v) is 1.82. The molecule has 16 heavy (non-hydrogen) atoms. The minimum absolute atomic E-state index is 0. The first-order valence-electron chi connectivity index (χ1n) is 4.43. The van der Waals surface area contributed by atoms with Crippen LogP contribution in [-0.2, 0) is 6.54 Å². The van der Waals surface area contributed by atoms with Crippen LogP contribution in [0.15, 0.2) is 18.2 Å². The van der Waals surface area contributed by atoms with Gasteiger partial charge in [-0.15, -0.1) is 12.4 Å². The van der Waals surface area contributed by atoms with E-state index in [1.54, 1.807) is 19.2 Å². The number of halogens is 3. The molecule has 0 aliphatic heterocycles. The summed E-state index contributed by atoms with van der Waals surface area (Å²) in [5, 5.41) is 2.95. The molecule has 0 aliphatic rings. The second-order valence-electron chi connectivity index (χ2n) is 2.89. The van der Waals surface area contributed by atoms with E-state index < -0.39 is 6.61 Å². The standard InChI is InChI=1S/C10H13F2NO2.ClH/c1-13-6-7-3-4-8(15-10(11)12)9(5-7)14-2;/h3-5,10,13H,6H2,1-2H3;1H. The lowest BCUT2D eigenvalue weighted by Crippen LogP contribution is -2.07. The zero-order valence-electron chi connectivity index (χ0n) is 9.00. The summed E-state index contributed by atoms with van der Waals surface area (Å²) in [5.41, 5.74) is 0.941. The van der Waals surface area contributed by atoms with Gasteiger partial charge in [0.15, 0.2) is 11.5 Å². The van der Waals surface area contributed by atoms with E-state index in [-0.39, 0.29) is 18.2 Å². The van der Waals surface area contributed by atoms with Crippen LogP contribution in [0.5, 0.6) is 11.5 Å². The Bertz CT molecular complexity index is 324. The van der Waals surface area contributed by atoms with Gasteiger partial charge in [-0.1, -0.05) is 6.07 Å². The maximum atomic E-state index is 12.0. The summed E-state index contributed by atoms with van der Waals surface area (Å²) in [6, 6.07) is 4.84. The molecule has 3 nitrogen and oxygen atoms in total. The highest BCUT2D eigenvalue weighted by molar-refractivity contribution is 5.85. The Hall–Kier alpha value is -1.07. The second-order valence-corrected chi connectivity index (χ2v) is 2.89. The van der Waals surface area contributed by atoms with Crippen LogP contribution < -0.4 is 14.8 Å². The van der Waals surface area contributed by atoms with Crippen LogP contribution >= 0.6 is 12.4 Å². The largest absolute Gasteiger partial charge is 0.493 e. The smallest absolute Gasteiger partial charge is 0.387 e. The van der Waals surface area contributed by atoms with Gasteiger partial charge in [-0.2, -0.15) is 8.78 Å². The Kier molecular flexibility index (Phi) is 6.76. The molecule has 0 aromatic heterocycles. The summed E-state index contributed by atoms with van der Waals surface area (Å²) in [4.78, 5) is 0. The van der Waals surface area contributed by atoms with Gasteiger partial charge in [-0.3, -0.25) is 0 Å². The van der Waals surface area contributed by atoms with Gasteiger partial charge in [0.2, 0.25) is 0 Å². The molecule has 0 bridgehead atoms. The first-order valence-corrected chi connectivity index (χ1v) is 4.43. The first kappa shape index (κ1) is 14.9. The minimum Gasteiger partial charge on any atom is -0.493 e. The summed E-state index contributed by atoms with van der Waals surface area (Å²) in [6.45, 7) is -2.19. The van der Waals surface area contributed by atoms with Crippen molar-refractivity contribution in [3.63, 3.8) is 0 Å². The minimum atomic E-state index is -2.84. The Morgan fingerprint density at radius 2 is 2.00 bits per heavy atom. The highest BCUT2D eigenvalue weighted by Gasteiger charge is 2.10. The van der Waals surface area contributed by atoms with Crippen LogP contribution in [0, 0.1) is 0 Å². The number of hydrogen-bond donors (Lipinski definition) is 1. The molecule has 1 aromatic carbocycles. The second kappa shape index (κ2) is 7.24. The van der Waals surface area contributed by atoms with Crippen LogP contribution in [0.4, 0.5) is 8.78 Å². The molecular formula is C10H14ClF2NO2. The van der Waals surface area contributed by atoms with Gasteiger partial charge >= 0.3 is 6.61 Å². The van der Waals surface area contributed by atoms with Gasteiger partial charge in [0.05, 0.1) is 7.11 Å². The maximum Gasteiger partial charge on any atom is 0.387 e. The maximum absolute atomic E-state index is 12.0. The first-order chi connectivity index (χ1) is 7.17. The highest BCUT2D eigenvalue weighted by atomic mass is 35.5. The zero-order chi connectivity index (χ0) is 11.3. The van der Waals surface area contributed by atoms with Crippen molar-refractivity contribution in [2.24, 2.45) is 0 Å². The molecule has 0 atom stereocenters. The van der Waals surface area contributed by atoms with Crippen LogP contribution in [0.25, 0.3) is 0 Å². The molecule has 0 saturated heterocycles. The fraction of sp³-hybridized carbons (Fsp3) is 0.400. The normalized spacial score (nSPS) is 9.81. The van der Waals surface area contributed by atoms with Crippen molar-refractivity contribution in [1.82, 2.24) is 5.32 Å². The number of benzene rings is 1. The van der Waals surface area contributed by atoms with E-state index >= 15 is 0 Å². The van der Waals surface area contributed by atoms with Crippen molar-refractivity contribution in [2.75, 3.05) is 14.2 Å². The zero-order valence-corrected chi connectivity index (χ0v) is 9.81. The molecule has 0 aliphatic carbocycles. The number of hydrogen-bond acceptors (Lipinski definition) is 3. The van der Waals surface area contributed by atoms with E-state index in [2.05, 4.69) is 10.1 Å². The van der Waals surface area contributed by atoms with Crippen molar-refractivity contribution >= 4 is 12.4 Å². The van der Waals surface area contributed by atoms with Gasteiger partial charge < -0.3 is 14.8 Å². The number of ether oxygens (including phenoxy) is 2. The highest BCUT2D eigenvalue weighted by Crippen LogP contribution is 2.29. The molecule has 1 aromatic rings. The van der Waals surface area contributed by atoms with E-state index in [1.807, 2.05) is 0 Å². The van der Waals surface area contributed by atoms with E-state index in [0.717, 1.165) is 5.56 Å². The fourth-order valence-electron chi connectivity index (χ4n) is 1.22. The summed E-state index contributed by atoms with van der Waals surface area (Å²) in [6.07, 6.45) is 0. The molecule has 0 saturated carbocycles. The van der Waals surface area contributed by atoms with E-state index in [0.29, 0.717) is 12.3 Å². The quantitative estimate of drug-likeness (QED) is 0.874. The monoisotopic (exact) mass is 253 g/mol. The van der Waals surface area contributed by atoms with Crippen LogP contribution in [-0.4, -0.2) is 20.8 Å². The summed E-state index contributed by atoms with van der Waals surface area (Å²) in [7, 11) is 3.22. The van der Waals surface area contributed by atoms with Crippen molar-refractivity contribution < 1.29 is 18.3 Å². The lowest BCUT2D eigenvalue weighted by molar-refractivity contribution is -0.0512. The predicted molar refractivity (Wildman–Crippen MR) is 59.6 cm³/mol. The molecule has 0 amide bonds. The third-order valence-electron chi connectivity index (χ3n) is 1.82. The van der Waals surface area contributed by atoms with E-state index in [4.69, 9.17) is 4.74 Å². The van der Waals surface area contributed by atoms with Crippen molar-refractivity contribution in [3.8, 4) is 11.5 Å². The SMILES string of the molecule is CNCc1ccc(OC(F)F)c(OC)c1.Cl. The summed E-state index contributed by atoms with van der Waals surface area (Å²) < 4.78 is 33.2. The molecule has 0 unspecified atom stereocenters. The number of alkyl halides is 2. The Balaban J connectivity index is 0.00000225. The molecule has 6 heteroatoms. The Labute approximate surface area is 99.2 Å². The number of nitrogens with one attached hydrogen (secondary N) is 1. The average molecular weight is 254 g/mol. The van der Waals surface area contributed by atoms with Gasteiger partial charge in [0.1, 0.15) is 0 Å². The Morgan fingerprint density at radius 3 is 2.50 bits per heavy atom. The lowest BCUT2D eigenvalue weighted by Gasteiger charge is -2.11. The lowest BCUT2D eigenvalue weighted by atomic mass is 10.2. The van der Waals surface area contributed by atoms with Crippen LogP contribution in [0.1, 0.15) is 5.56 Å². The van der Waals surface area contributed by atoms with Gasteiger partial charge in [-0.05, 0) is 24.7 Å². The molecule has 0 heterocycles. The van der Waals surface area contributed by atoms with Gasteiger partial charge in [0, 0.05) is 6.54 Å². The third kappa shape index (κ3) is 4.20. The average Bonchev–Trinajstić information content (AvgIpc) is 2.20. The topological polar surface area (TPSA) is 30.5 Å². The molecule has 0 fully saturated rings. The van der Waals surface area contributed by atoms with Crippen molar-refractivity contribution in [2.45, 2.75) is 13.2 Å². The molecule has 1 N–H and O–H groups in total. The fourth-order valence-corrected chi connectivity index (χ4v) is 1.22. The van der Waals surface area contributed by atoms with Crippen LogP contribution in [0.2, 0.25) is 0 Å². The predicted octanol–water partition coefficient (Wildman–Crippen LogP) is 2.44. The molecular weight excluding hydrogens is 240 g/mol. The van der Waals surface area contributed by atoms with Gasteiger partial charge in [0.25, 0.3) is 0 Å². The summed E-state index contributed by atoms with van der Waals surface area (Å²) >= 11 is 0. The molecule has 0 spiro atoms. The molecule has 1 rings (SSSR count). The van der Waals surface area contributed by atoms with Gasteiger partial charge in [-0.25, -0.2) is 0 Å². The summed E-state index contributed by atoms with van der Waals surface area (Å²) in [5.74, 6) is 0.357. The Morgan fingerprint density at radius 1 is 1.31 bits per heavy atom. The number of methoxy groups -OCH3 is 1. The van der Waals surface area contributed by atoms with Crippen LogP contribution in [0.3, 0.4) is 0 Å². The number of rotatable bonds is 5. The van der Waals surface area contributed by atoms with Crippen molar-refractivity contribution in [3.05, 3.63) is 23.8 Å². The molecule has 92 valence electrons. The van der Waals surface area contributed by atoms with Crippen molar-refractivity contribution in [1.29, 1.82) is 0 Å². The molecule has 0 radical (unpaired) electrons. The van der Waals surface area contributed by atoms with E-state index in [9.17, 15) is 8.78 Å². The van der Waals surface area contributed by atoms with E-state index in [1.165, 1.54) is 13.2 Å².